The molecule has 1 saturated heterocycles. The lowest BCUT2D eigenvalue weighted by molar-refractivity contribution is -0.116. The van der Waals surface area contributed by atoms with Crippen LogP contribution in [0.2, 0.25) is 0 Å². The maximum Gasteiger partial charge on any atom is 0.243 e. The molecule has 4 rings (SSSR count). The van der Waals surface area contributed by atoms with Gasteiger partial charge in [0.25, 0.3) is 0 Å². The molecule has 162 valence electrons. The Hall–Kier alpha value is -2.55. The molecule has 0 saturated carbocycles. The number of amides is 1. The minimum absolute atomic E-state index is 0.112. The van der Waals surface area contributed by atoms with Gasteiger partial charge in [-0.15, -0.1) is 11.3 Å². The lowest BCUT2D eigenvalue weighted by Gasteiger charge is -2.25. The molecule has 3 aromatic rings. The number of carbonyl (C=O) groups is 1. The summed E-state index contributed by atoms with van der Waals surface area (Å²) >= 11 is 1.40. The maximum absolute atomic E-state index is 12.7. The van der Waals surface area contributed by atoms with Gasteiger partial charge in [0.05, 0.1) is 10.6 Å². The second kappa shape index (κ2) is 9.72. The zero-order chi connectivity index (χ0) is 21.7. The van der Waals surface area contributed by atoms with Crippen molar-refractivity contribution >= 4 is 32.4 Å². The monoisotopic (exact) mass is 455 g/mol. The summed E-state index contributed by atoms with van der Waals surface area (Å²) in [6.45, 7) is 1.18. The Bertz CT molecular complexity index is 1120. The van der Waals surface area contributed by atoms with Crippen molar-refractivity contribution in [3.8, 4) is 11.3 Å². The lowest BCUT2D eigenvalue weighted by atomic mass is 10.1. The molecule has 0 radical (unpaired) electrons. The van der Waals surface area contributed by atoms with Gasteiger partial charge in [0, 0.05) is 30.5 Å². The summed E-state index contributed by atoms with van der Waals surface area (Å²) in [6.07, 6.45) is 3.75. The highest BCUT2D eigenvalue weighted by Gasteiger charge is 2.25. The number of benzene rings is 2. The molecule has 0 aliphatic carbocycles. The quantitative estimate of drug-likeness (QED) is 0.567. The third-order valence-corrected chi connectivity index (χ3v) is 8.01. The number of rotatable bonds is 7. The largest absolute Gasteiger partial charge is 0.302 e. The number of hydrogen-bond acceptors (Lipinski definition) is 5. The molecule has 0 atom stereocenters. The first-order chi connectivity index (χ1) is 15.0. The predicted octanol–water partition coefficient (Wildman–Crippen LogP) is 4.56. The molecule has 2 heterocycles. The topological polar surface area (TPSA) is 79.4 Å². The fourth-order valence-electron chi connectivity index (χ4n) is 3.59. The van der Waals surface area contributed by atoms with Crippen molar-refractivity contribution in [2.45, 2.75) is 37.0 Å². The van der Waals surface area contributed by atoms with E-state index in [2.05, 4.69) is 10.3 Å². The van der Waals surface area contributed by atoms with Crippen molar-refractivity contribution in [3.05, 3.63) is 65.5 Å². The van der Waals surface area contributed by atoms with Crippen molar-refractivity contribution in [2.24, 2.45) is 0 Å². The van der Waals surface area contributed by atoms with Crippen molar-refractivity contribution in [1.82, 2.24) is 9.29 Å². The van der Waals surface area contributed by atoms with Gasteiger partial charge >= 0.3 is 0 Å². The summed E-state index contributed by atoms with van der Waals surface area (Å²) < 4.78 is 27.0. The van der Waals surface area contributed by atoms with Crippen LogP contribution in [0.3, 0.4) is 0 Å². The number of anilines is 1. The van der Waals surface area contributed by atoms with Crippen LogP contribution in [0.1, 0.15) is 31.2 Å². The molecule has 1 N–H and O–H groups in total. The van der Waals surface area contributed by atoms with Crippen molar-refractivity contribution < 1.29 is 13.2 Å². The molecule has 1 fully saturated rings. The number of sulfonamides is 1. The molecular formula is C23H25N3O3S2. The normalized spacial score (nSPS) is 15.0. The van der Waals surface area contributed by atoms with Crippen LogP contribution >= 0.6 is 11.3 Å². The first-order valence-corrected chi connectivity index (χ1v) is 12.7. The summed E-state index contributed by atoms with van der Waals surface area (Å²) in [5.41, 5.74) is 2.78. The summed E-state index contributed by atoms with van der Waals surface area (Å²) in [5, 5.41) is 5.35. The number of hydrogen-bond donors (Lipinski definition) is 1. The number of piperidine rings is 1. The fourth-order valence-corrected chi connectivity index (χ4v) is 5.85. The molecule has 2 aromatic carbocycles. The number of aromatic nitrogens is 1. The lowest BCUT2D eigenvalue weighted by Crippen LogP contribution is -2.35. The third-order valence-electron chi connectivity index (χ3n) is 5.34. The molecular weight excluding hydrogens is 430 g/mol. The molecule has 1 aromatic heterocycles. The van der Waals surface area contributed by atoms with Gasteiger partial charge in [0.1, 0.15) is 0 Å². The number of nitrogens with one attached hydrogen (secondary N) is 1. The van der Waals surface area contributed by atoms with Gasteiger partial charge in [0.2, 0.25) is 15.9 Å². The van der Waals surface area contributed by atoms with Crippen LogP contribution in [0.4, 0.5) is 5.13 Å². The van der Waals surface area contributed by atoms with E-state index in [1.54, 1.807) is 28.6 Å². The van der Waals surface area contributed by atoms with Crippen LogP contribution in [-0.4, -0.2) is 36.7 Å². The molecule has 0 bridgehead atoms. The van der Waals surface area contributed by atoms with E-state index in [0.29, 0.717) is 36.0 Å². The SMILES string of the molecule is O=C(CCc1ccc(S(=O)(=O)N2CCCCC2)cc1)Nc1nc(-c2ccccc2)cs1. The van der Waals surface area contributed by atoms with Gasteiger partial charge in [-0.1, -0.05) is 48.9 Å². The molecule has 1 aliphatic rings. The van der Waals surface area contributed by atoms with Crippen LogP contribution in [0.5, 0.6) is 0 Å². The summed E-state index contributed by atoms with van der Waals surface area (Å²) in [6, 6.07) is 16.7. The average molecular weight is 456 g/mol. The van der Waals surface area contributed by atoms with Crippen molar-refractivity contribution in [2.75, 3.05) is 18.4 Å². The Morgan fingerprint density at radius 1 is 1.00 bits per heavy atom. The summed E-state index contributed by atoms with van der Waals surface area (Å²) in [5.74, 6) is -0.112. The van der Waals surface area contributed by atoms with Crippen LogP contribution in [0.25, 0.3) is 11.3 Å². The number of aryl methyl sites for hydroxylation is 1. The van der Waals surface area contributed by atoms with Gasteiger partial charge in [-0.25, -0.2) is 13.4 Å². The van der Waals surface area contributed by atoms with E-state index in [1.807, 2.05) is 35.7 Å². The number of carbonyl (C=O) groups excluding carboxylic acids is 1. The molecule has 1 amide bonds. The minimum atomic E-state index is -3.42. The van der Waals surface area contributed by atoms with E-state index in [1.165, 1.54) is 11.3 Å². The zero-order valence-corrected chi connectivity index (χ0v) is 18.8. The van der Waals surface area contributed by atoms with Gasteiger partial charge in [-0.05, 0) is 37.0 Å². The second-order valence-electron chi connectivity index (χ2n) is 7.56. The van der Waals surface area contributed by atoms with E-state index in [0.717, 1.165) is 36.1 Å². The van der Waals surface area contributed by atoms with Gasteiger partial charge in [0.15, 0.2) is 5.13 Å². The number of thiazole rings is 1. The van der Waals surface area contributed by atoms with E-state index >= 15 is 0 Å². The molecule has 8 heteroatoms. The van der Waals surface area contributed by atoms with Crippen molar-refractivity contribution in [1.29, 1.82) is 0 Å². The van der Waals surface area contributed by atoms with Crippen LogP contribution in [-0.2, 0) is 21.2 Å². The molecule has 0 spiro atoms. The van der Waals surface area contributed by atoms with Crippen LogP contribution in [0, 0.1) is 0 Å². The zero-order valence-electron chi connectivity index (χ0n) is 17.2. The first kappa shape index (κ1) is 21.7. The highest BCUT2D eigenvalue weighted by molar-refractivity contribution is 7.89. The Labute approximate surface area is 187 Å². The Morgan fingerprint density at radius 2 is 1.71 bits per heavy atom. The van der Waals surface area contributed by atoms with Gasteiger partial charge in [-0.2, -0.15) is 4.31 Å². The van der Waals surface area contributed by atoms with Gasteiger partial charge < -0.3 is 5.32 Å². The molecule has 6 nitrogen and oxygen atoms in total. The minimum Gasteiger partial charge on any atom is -0.302 e. The van der Waals surface area contributed by atoms with E-state index in [4.69, 9.17) is 0 Å². The Morgan fingerprint density at radius 3 is 2.42 bits per heavy atom. The van der Waals surface area contributed by atoms with E-state index in [9.17, 15) is 13.2 Å². The van der Waals surface area contributed by atoms with Crippen LogP contribution < -0.4 is 5.32 Å². The van der Waals surface area contributed by atoms with Crippen molar-refractivity contribution in [3.63, 3.8) is 0 Å². The van der Waals surface area contributed by atoms with E-state index < -0.39 is 10.0 Å². The Balaban J connectivity index is 1.31. The molecule has 0 unspecified atom stereocenters. The standard InChI is InChI=1S/C23H25N3O3S2/c27-22(25-23-24-21(17-30-23)19-7-3-1-4-8-19)14-11-18-9-12-20(13-10-18)31(28,29)26-15-5-2-6-16-26/h1,3-4,7-10,12-13,17H,2,5-6,11,14-16H2,(H,24,25,27). The van der Waals surface area contributed by atoms with Gasteiger partial charge in [-0.3, -0.25) is 4.79 Å². The second-order valence-corrected chi connectivity index (χ2v) is 10.4. The highest BCUT2D eigenvalue weighted by atomic mass is 32.2. The fraction of sp³-hybridized carbons (Fsp3) is 0.304. The number of nitrogens with zero attached hydrogens (tertiary/aromatic N) is 2. The average Bonchev–Trinajstić information content (AvgIpc) is 3.27. The predicted molar refractivity (Wildman–Crippen MR) is 124 cm³/mol. The van der Waals surface area contributed by atoms with E-state index in [-0.39, 0.29) is 5.91 Å². The molecule has 31 heavy (non-hydrogen) atoms. The first-order valence-electron chi connectivity index (χ1n) is 10.4. The third kappa shape index (κ3) is 5.39. The summed E-state index contributed by atoms with van der Waals surface area (Å²) in [7, 11) is -3.42. The smallest absolute Gasteiger partial charge is 0.243 e. The Kier molecular flexibility index (Phi) is 6.80. The summed E-state index contributed by atoms with van der Waals surface area (Å²) in [4.78, 5) is 17.1. The maximum atomic E-state index is 12.7. The van der Waals surface area contributed by atoms with Crippen LogP contribution in [0.15, 0.2) is 64.9 Å². The molecule has 1 aliphatic heterocycles. The highest BCUT2D eigenvalue weighted by Crippen LogP contribution is 2.25.